The quantitative estimate of drug-likeness (QED) is 0.444. The van der Waals surface area contributed by atoms with Crippen molar-refractivity contribution in [1.82, 2.24) is 10.6 Å². The van der Waals surface area contributed by atoms with E-state index in [1.54, 1.807) is 30.3 Å². The number of rotatable bonds is 4. The van der Waals surface area contributed by atoms with Gasteiger partial charge >= 0.3 is 0 Å². The Bertz CT molecular complexity index is 1390. The maximum absolute atomic E-state index is 16.0. The number of imide groups is 1. The van der Waals surface area contributed by atoms with E-state index in [4.69, 9.17) is 23.2 Å². The highest BCUT2D eigenvalue weighted by molar-refractivity contribution is 6.32. The van der Waals surface area contributed by atoms with Gasteiger partial charge in [0.05, 0.1) is 22.9 Å². The van der Waals surface area contributed by atoms with Crippen molar-refractivity contribution >= 4 is 46.6 Å². The Kier molecular flexibility index (Phi) is 8.00. The Morgan fingerprint density at radius 1 is 1.15 bits per heavy atom. The third kappa shape index (κ3) is 5.18. The second-order valence-electron chi connectivity index (χ2n) is 12.8. The Labute approximate surface area is 249 Å². The third-order valence-corrected chi connectivity index (χ3v) is 9.26. The predicted molar refractivity (Wildman–Crippen MR) is 157 cm³/mol. The molecule has 5 rings (SSSR count). The largest absolute Gasteiger partial charge is 0.393 e. The van der Waals surface area contributed by atoms with Crippen molar-refractivity contribution in [2.24, 2.45) is 5.41 Å². The average molecular weight is 605 g/mol. The molecule has 0 bridgehead atoms. The van der Waals surface area contributed by atoms with Gasteiger partial charge in [-0.15, -0.1) is 0 Å². The summed E-state index contributed by atoms with van der Waals surface area (Å²) in [5.74, 6) is -3.12. The Morgan fingerprint density at radius 3 is 2.46 bits per heavy atom. The summed E-state index contributed by atoms with van der Waals surface area (Å²) < 4.78 is 16.0. The van der Waals surface area contributed by atoms with Crippen LogP contribution in [0.1, 0.15) is 76.8 Å². The van der Waals surface area contributed by atoms with E-state index in [0.717, 1.165) is 4.90 Å². The van der Waals surface area contributed by atoms with Crippen LogP contribution in [0.15, 0.2) is 36.4 Å². The number of nitrogens with one attached hydrogen (secondary N) is 2. The first-order chi connectivity index (χ1) is 19.3. The zero-order valence-electron chi connectivity index (χ0n) is 23.6. The summed E-state index contributed by atoms with van der Waals surface area (Å²) in [4.78, 5) is 42.9. The smallest absolute Gasteiger partial charge is 0.246 e. The molecule has 0 aromatic heterocycles. The number of aliphatic hydroxyl groups is 1. The first-order valence-electron chi connectivity index (χ1n) is 14.1. The molecule has 1 aliphatic carbocycles. The fourth-order valence-electron chi connectivity index (χ4n) is 7.08. The molecular weight excluding hydrogens is 568 g/mol. The normalized spacial score (nSPS) is 29.6. The fourth-order valence-corrected chi connectivity index (χ4v) is 7.43. The van der Waals surface area contributed by atoms with Crippen molar-refractivity contribution in [2.45, 2.75) is 95.4 Å². The van der Waals surface area contributed by atoms with Crippen molar-refractivity contribution in [3.8, 4) is 0 Å². The maximum atomic E-state index is 16.0. The number of hydrogen-bond acceptors (Lipinski definition) is 5. The first kappa shape index (κ1) is 30.0. The number of benzene rings is 2. The molecule has 1 saturated heterocycles. The molecule has 7 nitrogen and oxygen atoms in total. The average Bonchev–Trinajstić information content (AvgIpc) is 3.33. The number of amides is 3. The summed E-state index contributed by atoms with van der Waals surface area (Å²) in [5, 5.41) is 16.7. The van der Waals surface area contributed by atoms with Gasteiger partial charge in [0.2, 0.25) is 17.7 Å². The van der Waals surface area contributed by atoms with Gasteiger partial charge in [-0.1, -0.05) is 62.2 Å². The molecule has 1 spiro atoms. The molecule has 2 fully saturated rings. The lowest BCUT2D eigenvalue weighted by Gasteiger charge is -2.38. The molecule has 1 saturated carbocycles. The Hall–Kier alpha value is -2.52. The topological polar surface area (TPSA) is 98.7 Å². The second kappa shape index (κ2) is 11.0. The van der Waals surface area contributed by atoms with Gasteiger partial charge in [-0.3, -0.25) is 14.4 Å². The Morgan fingerprint density at radius 2 is 1.83 bits per heavy atom. The van der Waals surface area contributed by atoms with Crippen LogP contribution in [0.2, 0.25) is 10.0 Å². The Balaban J connectivity index is 1.74. The molecule has 0 radical (unpaired) electrons. The van der Waals surface area contributed by atoms with Crippen molar-refractivity contribution in [1.29, 1.82) is 0 Å². The van der Waals surface area contributed by atoms with Crippen LogP contribution in [-0.4, -0.2) is 47.1 Å². The molecule has 2 heterocycles. The summed E-state index contributed by atoms with van der Waals surface area (Å²) in [6.07, 6.45) is 2.44. The van der Waals surface area contributed by atoms with E-state index in [0.29, 0.717) is 48.4 Å². The van der Waals surface area contributed by atoms with E-state index in [-0.39, 0.29) is 28.0 Å². The summed E-state index contributed by atoms with van der Waals surface area (Å²) >= 11 is 12.6. The minimum atomic E-state index is -1.50. The molecule has 41 heavy (non-hydrogen) atoms. The van der Waals surface area contributed by atoms with Crippen molar-refractivity contribution in [3.63, 3.8) is 0 Å². The highest BCUT2D eigenvalue weighted by Gasteiger charge is 2.68. The molecule has 0 unspecified atom stereocenters. The van der Waals surface area contributed by atoms with Crippen molar-refractivity contribution in [2.75, 3.05) is 4.90 Å². The number of nitrogens with zero attached hydrogens (tertiary/aromatic N) is 1. The number of hydrogen-bond donors (Lipinski definition) is 3. The molecule has 2 aliphatic heterocycles. The minimum absolute atomic E-state index is 0.123. The fraction of sp³-hybridized carbons (Fsp3) is 0.516. The highest BCUT2D eigenvalue weighted by atomic mass is 35.5. The molecule has 3 N–H and O–H groups in total. The van der Waals surface area contributed by atoms with Crippen LogP contribution in [-0.2, 0) is 19.8 Å². The van der Waals surface area contributed by atoms with Gasteiger partial charge in [0, 0.05) is 29.9 Å². The van der Waals surface area contributed by atoms with E-state index in [1.165, 1.54) is 13.0 Å². The third-order valence-electron chi connectivity index (χ3n) is 8.73. The predicted octanol–water partition coefficient (Wildman–Crippen LogP) is 5.24. The highest BCUT2D eigenvalue weighted by Crippen LogP contribution is 2.59. The number of halogens is 3. The number of anilines is 1. The molecule has 3 amide bonds. The number of aliphatic hydroxyl groups excluding tert-OH is 1. The summed E-state index contributed by atoms with van der Waals surface area (Å²) in [5.41, 5.74) is -0.825. The second-order valence-corrected chi connectivity index (χ2v) is 13.6. The van der Waals surface area contributed by atoms with E-state index >= 15 is 4.39 Å². The van der Waals surface area contributed by atoms with Crippen molar-refractivity contribution < 1.29 is 23.9 Å². The lowest BCUT2D eigenvalue weighted by molar-refractivity contribution is -0.129. The lowest BCUT2D eigenvalue weighted by atomic mass is 9.62. The van der Waals surface area contributed by atoms with Crippen LogP contribution in [0.4, 0.5) is 10.1 Å². The standard InChI is InChI=1S/C31H36Cl2FN3O4/c1-16(38)37-23-14-17(32)8-13-21(23)31(29(37)41)24(15-30(2,3)4)36-27(25(31)20-6-5-7-22(33)26(20)34)28(40)35-18-9-11-19(39)12-10-18/h5-8,13-14,18-19,24-25,27,36,39H,9-12,15H2,1-4H3,(H,35,40)/t18?,19?,24-,25-,27+,31+/m0/s1. The van der Waals surface area contributed by atoms with Crippen LogP contribution in [0.25, 0.3) is 0 Å². The maximum Gasteiger partial charge on any atom is 0.246 e. The minimum Gasteiger partial charge on any atom is -0.393 e. The number of carbonyl (C=O) groups excluding carboxylic acids is 3. The van der Waals surface area contributed by atoms with Gasteiger partial charge in [0.25, 0.3) is 0 Å². The van der Waals surface area contributed by atoms with E-state index < -0.39 is 47.2 Å². The molecule has 2 aromatic carbocycles. The van der Waals surface area contributed by atoms with Crippen LogP contribution in [0.5, 0.6) is 0 Å². The molecule has 4 atom stereocenters. The SMILES string of the molecule is CC(=O)N1C(=O)[C@]2(c3ccc(Cl)cc31)[C@H](CC(C)(C)C)N[C@@H](C(=O)NC1CCC(O)CC1)[C@@H]2c1cccc(Cl)c1F. The van der Waals surface area contributed by atoms with Crippen LogP contribution in [0.3, 0.4) is 0 Å². The zero-order chi connectivity index (χ0) is 29.9. The first-order valence-corrected chi connectivity index (χ1v) is 14.8. The van der Waals surface area contributed by atoms with Gasteiger partial charge in [0.1, 0.15) is 11.2 Å². The molecule has 2 aromatic rings. The lowest BCUT2D eigenvalue weighted by Crippen LogP contribution is -2.53. The van der Waals surface area contributed by atoms with Crippen LogP contribution in [0, 0.1) is 11.2 Å². The molecule has 3 aliphatic rings. The summed E-state index contributed by atoms with van der Waals surface area (Å²) in [6, 6.07) is 7.73. The van der Waals surface area contributed by atoms with Crippen LogP contribution < -0.4 is 15.5 Å². The van der Waals surface area contributed by atoms with Crippen molar-refractivity contribution in [3.05, 3.63) is 63.4 Å². The monoisotopic (exact) mass is 603 g/mol. The number of fused-ring (bicyclic) bond motifs is 2. The number of carbonyl (C=O) groups is 3. The zero-order valence-corrected chi connectivity index (χ0v) is 25.2. The van der Waals surface area contributed by atoms with E-state index in [9.17, 15) is 19.5 Å². The van der Waals surface area contributed by atoms with Gasteiger partial charge in [-0.2, -0.15) is 0 Å². The van der Waals surface area contributed by atoms with E-state index in [2.05, 4.69) is 10.6 Å². The molecule has 220 valence electrons. The van der Waals surface area contributed by atoms with Gasteiger partial charge < -0.3 is 15.7 Å². The van der Waals surface area contributed by atoms with Gasteiger partial charge in [-0.05, 0) is 66.8 Å². The van der Waals surface area contributed by atoms with Crippen LogP contribution >= 0.6 is 23.2 Å². The van der Waals surface area contributed by atoms with Gasteiger partial charge in [-0.25, -0.2) is 9.29 Å². The molecule has 10 heteroatoms. The van der Waals surface area contributed by atoms with Gasteiger partial charge in [0.15, 0.2) is 0 Å². The van der Waals surface area contributed by atoms with E-state index in [1.807, 2.05) is 20.8 Å². The molecular formula is C31H36Cl2FN3O4. The summed E-state index contributed by atoms with van der Waals surface area (Å²) in [7, 11) is 0. The summed E-state index contributed by atoms with van der Waals surface area (Å²) in [6.45, 7) is 7.40.